The minimum Gasteiger partial charge on any atom is -0.478 e. The zero-order chi connectivity index (χ0) is 50.3. The van der Waals surface area contributed by atoms with Gasteiger partial charge in [-0.1, -0.05) is 104 Å². The molecule has 0 radical (unpaired) electrons. The number of benzene rings is 5. The van der Waals surface area contributed by atoms with Gasteiger partial charge in [0.15, 0.2) is 22.9 Å². The van der Waals surface area contributed by atoms with Crippen LogP contribution in [0.1, 0.15) is 89.5 Å². The van der Waals surface area contributed by atoms with Crippen molar-refractivity contribution < 1.29 is 51.5 Å². The molecule has 1 amide bonds. The zero-order valence-corrected chi connectivity index (χ0v) is 39.4. The molecule has 19 heteroatoms. The Morgan fingerprint density at radius 1 is 0.662 bits per heavy atom. The molecule has 2 aliphatic rings. The number of amides is 1. The monoisotopic (exact) mass is 1000 g/mol. The molecule has 1 N–H and O–H groups in total. The van der Waals surface area contributed by atoms with Crippen LogP contribution in [0, 0.1) is 43.2 Å². The molecular weight excluding hydrogens is 965 g/mol. The number of anilines is 1. The number of esters is 2. The van der Waals surface area contributed by atoms with E-state index in [-0.39, 0.29) is 28.3 Å². The van der Waals surface area contributed by atoms with Crippen molar-refractivity contribution >= 4 is 94.0 Å². The Labute approximate surface area is 408 Å². The fourth-order valence-electron chi connectivity index (χ4n) is 5.83. The fraction of sp³-hybridized carbons (Fsp3) is 0.224. The van der Waals surface area contributed by atoms with Crippen molar-refractivity contribution in [2.24, 2.45) is 11.8 Å². The Balaban J connectivity index is 0.000000250. The van der Waals surface area contributed by atoms with Crippen molar-refractivity contribution in [2.45, 2.75) is 38.5 Å². The van der Waals surface area contributed by atoms with Crippen LogP contribution in [0.5, 0.6) is 0 Å². The van der Waals surface area contributed by atoms with Gasteiger partial charge in [-0.3, -0.25) is 9.59 Å². The SMILES string of the molecule is COC(=O)c1cccc(CCC2CC2)c1F.O=S(Cl)Cl.[C-]#[N+]c1ccc(C(=O)Cl)cc1.[C-]#[N+]c1ccc(C(=O)N(CC2CC2)c2cccc(C(=O)OC)c2F)cc1.[C-]#[N+]c1ccc(C(=O)O)cc1. The first-order valence-corrected chi connectivity index (χ1v) is 23.3. The topological polar surface area (TPSA) is 157 Å². The van der Waals surface area contributed by atoms with Crippen molar-refractivity contribution in [1.82, 2.24) is 0 Å². The molecule has 0 aromatic heterocycles. The smallest absolute Gasteiger partial charge is 0.340 e. The van der Waals surface area contributed by atoms with Crippen LogP contribution in [0.4, 0.5) is 31.5 Å². The molecule has 2 fully saturated rings. The van der Waals surface area contributed by atoms with Crippen LogP contribution in [0.2, 0.25) is 0 Å². The number of ether oxygens (including phenoxy) is 2. The predicted molar refractivity (Wildman–Crippen MR) is 256 cm³/mol. The third-order valence-electron chi connectivity index (χ3n) is 9.77. The summed E-state index contributed by atoms with van der Waals surface area (Å²) < 4.78 is 47.0. The van der Waals surface area contributed by atoms with E-state index in [2.05, 4.69) is 45.4 Å². The highest BCUT2D eigenvalue weighted by Gasteiger charge is 2.31. The van der Waals surface area contributed by atoms with Crippen LogP contribution in [0.15, 0.2) is 109 Å². The number of nitrogens with zero attached hydrogens (tertiary/aromatic N) is 4. The number of rotatable bonds is 11. The van der Waals surface area contributed by atoms with Crippen molar-refractivity contribution in [3.63, 3.8) is 0 Å². The number of carboxylic acid groups (broad SMARTS) is 1. The van der Waals surface area contributed by atoms with Gasteiger partial charge >= 0.3 is 17.9 Å². The van der Waals surface area contributed by atoms with Gasteiger partial charge in [0.2, 0.25) is 9.23 Å². The maximum Gasteiger partial charge on any atom is 0.340 e. The van der Waals surface area contributed by atoms with Crippen molar-refractivity contribution in [3.05, 3.63) is 188 Å². The van der Waals surface area contributed by atoms with Gasteiger partial charge < -0.3 is 19.5 Å². The fourth-order valence-corrected chi connectivity index (χ4v) is 5.96. The molecule has 0 spiro atoms. The molecule has 2 saturated carbocycles. The quantitative estimate of drug-likeness (QED) is 0.0772. The molecule has 68 heavy (non-hydrogen) atoms. The molecule has 0 unspecified atom stereocenters. The lowest BCUT2D eigenvalue weighted by atomic mass is 10.0. The first kappa shape index (κ1) is 55.3. The Bertz CT molecular complexity index is 2650. The number of methoxy groups -OCH3 is 2. The van der Waals surface area contributed by atoms with Gasteiger partial charge in [0.05, 0.1) is 56.3 Å². The standard InChI is InChI=1S/C20H17FN2O3.C13H15FO2.C8H4ClNO.C8H5NO2.Cl2OS/c1-22-15-10-8-14(9-11-15)19(24)23(12-13-6-7-13)17-5-3-4-16(18(17)21)20(25)26-2;1-16-13(15)11-4-2-3-10(12(11)14)8-7-9-5-6-9;1-10-7-4-2-6(3-5-7)8(9)11;1-9-7-4-2-6(3-5-7)8(10)11;1-4(2)3/h3-5,8-11,13H,6-7,12H2,2H3;2-4,9H,5-8H2,1H3;2-5H;2-5H,(H,10,11);. The summed E-state index contributed by atoms with van der Waals surface area (Å²) in [7, 11) is 9.80. The average molecular weight is 1010 g/mol. The van der Waals surface area contributed by atoms with Crippen LogP contribution in [-0.2, 0) is 25.1 Å². The van der Waals surface area contributed by atoms with Crippen molar-refractivity contribution in [1.29, 1.82) is 0 Å². The molecule has 352 valence electrons. The normalized spacial score (nSPS) is 11.8. The number of aromatic carboxylic acids is 1. The Kier molecular flexibility index (Phi) is 23.0. The average Bonchev–Trinajstić information content (AvgIpc) is 4.30. The summed E-state index contributed by atoms with van der Waals surface area (Å²) in [5, 5.41) is 7.97. The van der Waals surface area contributed by atoms with E-state index in [1.807, 2.05) is 0 Å². The molecule has 0 saturated heterocycles. The number of carbonyl (C=O) groups is 5. The largest absolute Gasteiger partial charge is 0.478 e. The van der Waals surface area contributed by atoms with E-state index in [4.69, 9.17) is 40.6 Å². The van der Waals surface area contributed by atoms with Gasteiger partial charge in [0.25, 0.3) is 11.1 Å². The lowest BCUT2D eigenvalue weighted by Crippen LogP contribution is -2.34. The van der Waals surface area contributed by atoms with Crippen LogP contribution in [0.3, 0.4) is 0 Å². The maximum absolute atomic E-state index is 14.9. The number of hydrogen-bond acceptors (Lipinski definition) is 8. The van der Waals surface area contributed by atoms with E-state index in [0.29, 0.717) is 52.6 Å². The molecule has 13 nitrogen and oxygen atoms in total. The summed E-state index contributed by atoms with van der Waals surface area (Å²) >= 11 is 5.18. The van der Waals surface area contributed by atoms with Gasteiger partial charge in [-0.15, -0.1) is 0 Å². The number of hydrogen-bond donors (Lipinski definition) is 1. The minimum atomic E-state index is -1.67. The summed E-state index contributed by atoms with van der Waals surface area (Å²) in [6, 6.07) is 27.4. The molecule has 0 bridgehead atoms. The summed E-state index contributed by atoms with van der Waals surface area (Å²) in [4.78, 5) is 67.8. The highest BCUT2D eigenvalue weighted by atomic mass is 36.0. The van der Waals surface area contributed by atoms with Crippen LogP contribution in [-0.4, -0.2) is 59.1 Å². The number of halogens is 5. The Morgan fingerprint density at radius 2 is 1.07 bits per heavy atom. The second-order valence-electron chi connectivity index (χ2n) is 14.5. The van der Waals surface area contributed by atoms with Gasteiger partial charge in [0, 0.05) is 39.0 Å². The molecule has 0 heterocycles. The van der Waals surface area contributed by atoms with Crippen LogP contribution < -0.4 is 4.90 Å². The molecule has 2 aliphatic carbocycles. The highest BCUT2D eigenvalue weighted by Crippen LogP contribution is 2.35. The summed E-state index contributed by atoms with van der Waals surface area (Å²) in [5.41, 5.74) is 2.87. The summed E-state index contributed by atoms with van der Waals surface area (Å²) in [5.74, 6) is -2.84. The second-order valence-corrected chi connectivity index (χ2v) is 17.3. The van der Waals surface area contributed by atoms with Crippen molar-refractivity contribution in [3.8, 4) is 0 Å². The molecule has 0 aliphatic heterocycles. The van der Waals surface area contributed by atoms with E-state index < -0.39 is 44.0 Å². The molecule has 0 atom stereocenters. The highest BCUT2D eigenvalue weighted by molar-refractivity contribution is 8.26. The molecule has 5 aromatic rings. The maximum atomic E-state index is 14.9. The van der Waals surface area contributed by atoms with E-state index in [0.717, 1.165) is 25.2 Å². The van der Waals surface area contributed by atoms with Gasteiger partial charge in [-0.05, 0) is 72.9 Å². The predicted octanol–water partition coefficient (Wildman–Crippen LogP) is 12.8. The second kappa shape index (κ2) is 28.2. The number of carbonyl (C=O) groups excluding carboxylic acids is 4. The molecular formula is C49H41Cl3F2N4O9S. The van der Waals surface area contributed by atoms with Crippen LogP contribution in [0.25, 0.3) is 14.5 Å². The summed E-state index contributed by atoms with van der Waals surface area (Å²) in [6.07, 6.45) is 6.22. The lowest BCUT2D eigenvalue weighted by molar-refractivity contribution is 0.0586. The Hall–Kier alpha value is -7.00. The van der Waals surface area contributed by atoms with Gasteiger partial charge in [-0.2, -0.15) is 0 Å². The van der Waals surface area contributed by atoms with Crippen LogP contribution >= 0.6 is 33.0 Å². The van der Waals surface area contributed by atoms with E-state index in [1.54, 1.807) is 48.5 Å². The molecule has 5 aromatic carbocycles. The van der Waals surface area contributed by atoms with E-state index in [1.165, 1.54) is 92.6 Å². The number of carboxylic acids is 1. The molecule has 7 rings (SSSR count). The van der Waals surface area contributed by atoms with E-state index >= 15 is 0 Å². The zero-order valence-electron chi connectivity index (χ0n) is 36.3. The first-order valence-electron chi connectivity index (χ1n) is 20.1. The number of aryl methyl sites for hydroxylation is 1. The third kappa shape index (κ3) is 18.4. The van der Waals surface area contributed by atoms with E-state index in [9.17, 15) is 32.8 Å². The van der Waals surface area contributed by atoms with Gasteiger partial charge in [0.1, 0.15) is 5.82 Å². The Morgan fingerprint density at radius 3 is 1.47 bits per heavy atom. The third-order valence-corrected chi connectivity index (χ3v) is 9.99. The first-order chi connectivity index (χ1) is 32.5. The van der Waals surface area contributed by atoms with Gasteiger partial charge in [-0.25, -0.2) is 41.9 Å². The summed E-state index contributed by atoms with van der Waals surface area (Å²) in [6.45, 7) is 20.6. The minimum absolute atomic E-state index is 0.0378. The van der Waals surface area contributed by atoms with Crippen molar-refractivity contribution in [2.75, 3.05) is 25.7 Å². The lowest BCUT2D eigenvalue weighted by Gasteiger charge is -2.24.